The molecule has 0 aliphatic carbocycles. The Morgan fingerprint density at radius 3 is 2.62 bits per heavy atom. The maximum Gasteiger partial charge on any atom is 0.276 e. The van der Waals surface area contributed by atoms with Gasteiger partial charge < -0.3 is 5.32 Å². The molecule has 0 spiro atoms. The third-order valence-corrected chi connectivity index (χ3v) is 3.51. The SMILES string of the molecule is O=C(Nc1ccc([N+](=O)[O-])cc1)c1ccn(Cn2cc(Br)cn2)n1. The monoisotopic (exact) mass is 390 g/mol. The number of anilines is 1. The third kappa shape index (κ3) is 3.66. The summed E-state index contributed by atoms with van der Waals surface area (Å²) < 4.78 is 4.09. The van der Waals surface area contributed by atoms with E-state index in [1.807, 2.05) is 0 Å². The van der Waals surface area contributed by atoms with Crippen LogP contribution in [0.4, 0.5) is 11.4 Å². The smallest absolute Gasteiger partial charge is 0.276 e. The Hall–Kier alpha value is -3.01. The van der Waals surface area contributed by atoms with Crippen molar-refractivity contribution in [3.8, 4) is 0 Å². The number of halogens is 1. The molecule has 9 nitrogen and oxygen atoms in total. The van der Waals surface area contributed by atoms with E-state index in [4.69, 9.17) is 0 Å². The second-order valence-corrected chi connectivity index (χ2v) is 5.75. The lowest BCUT2D eigenvalue weighted by atomic mass is 10.3. The summed E-state index contributed by atoms with van der Waals surface area (Å²) in [7, 11) is 0. The first-order valence-electron chi connectivity index (χ1n) is 6.78. The molecule has 2 heterocycles. The Kier molecular flexibility index (Phi) is 4.38. The van der Waals surface area contributed by atoms with E-state index >= 15 is 0 Å². The molecule has 0 aliphatic heterocycles. The second kappa shape index (κ2) is 6.62. The number of benzene rings is 1. The van der Waals surface area contributed by atoms with Crippen LogP contribution in [0.5, 0.6) is 0 Å². The van der Waals surface area contributed by atoms with E-state index in [1.165, 1.54) is 24.3 Å². The highest BCUT2D eigenvalue weighted by Gasteiger charge is 2.11. The number of carbonyl (C=O) groups is 1. The van der Waals surface area contributed by atoms with E-state index in [-0.39, 0.29) is 11.4 Å². The van der Waals surface area contributed by atoms with E-state index in [2.05, 4.69) is 31.4 Å². The Morgan fingerprint density at radius 2 is 2.00 bits per heavy atom. The maximum atomic E-state index is 12.2. The average Bonchev–Trinajstić information content (AvgIpc) is 3.17. The van der Waals surface area contributed by atoms with E-state index in [1.54, 1.807) is 34.0 Å². The molecule has 0 unspecified atom stereocenters. The van der Waals surface area contributed by atoms with Gasteiger partial charge in [-0.15, -0.1) is 0 Å². The zero-order valence-corrected chi connectivity index (χ0v) is 13.8. The predicted molar refractivity (Wildman–Crippen MR) is 88.6 cm³/mol. The van der Waals surface area contributed by atoms with Crippen LogP contribution in [0.15, 0.2) is 53.4 Å². The van der Waals surface area contributed by atoms with Crippen LogP contribution >= 0.6 is 15.9 Å². The molecule has 0 fully saturated rings. The Labute approximate surface area is 144 Å². The number of nitro groups is 1. The van der Waals surface area contributed by atoms with E-state index in [0.717, 1.165) is 4.47 Å². The minimum absolute atomic E-state index is 0.0392. The van der Waals surface area contributed by atoms with Gasteiger partial charge in [-0.05, 0) is 34.1 Å². The summed E-state index contributed by atoms with van der Waals surface area (Å²) in [4.78, 5) is 22.3. The highest BCUT2D eigenvalue weighted by Crippen LogP contribution is 2.16. The Bertz CT molecular complexity index is 886. The Morgan fingerprint density at radius 1 is 1.25 bits per heavy atom. The molecule has 1 amide bonds. The molecule has 0 aliphatic rings. The molecule has 0 saturated heterocycles. The fraction of sp³-hybridized carbons (Fsp3) is 0.0714. The van der Waals surface area contributed by atoms with Gasteiger partial charge in [0.15, 0.2) is 5.69 Å². The quantitative estimate of drug-likeness (QED) is 0.531. The summed E-state index contributed by atoms with van der Waals surface area (Å²) in [6, 6.07) is 7.16. The standard InChI is InChI=1S/C14H11BrN6O3/c15-10-7-16-20(8-10)9-19-6-5-13(18-19)14(22)17-11-1-3-12(4-2-11)21(23)24/h1-8H,9H2,(H,17,22). The van der Waals surface area contributed by atoms with Gasteiger partial charge in [0.2, 0.25) is 0 Å². The molecule has 3 aromatic rings. The van der Waals surface area contributed by atoms with Crippen molar-refractivity contribution in [3.63, 3.8) is 0 Å². The van der Waals surface area contributed by atoms with E-state index in [0.29, 0.717) is 12.4 Å². The van der Waals surface area contributed by atoms with Crippen molar-refractivity contribution in [2.75, 3.05) is 5.32 Å². The number of nitro benzene ring substituents is 1. The van der Waals surface area contributed by atoms with Crippen molar-refractivity contribution in [3.05, 3.63) is 69.2 Å². The molecular weight excluding hydrogens is 380 g/mol. The van der Waals surface area contributed by atoms with Crippen LogP contribution < -0.4 is 5.32 Å². The van der Waals surface area contributed by atoms with Crippen LogP contribution in [0.3, 0.4) is 0 Å². The van der Waals surface area contributed by atoms with Crippen molar-refractivity contribution >= 4 is 33.2 Å². The number of aromatic nitrogens is 4. The van der Waals surface area contributed by atoms with Crippen LogP contribution in [-0.4, -0.2) is 30.4 Å². The molecule has 0 radical (unpaired) electrons. The number of non-ortho nitro benzene ring substituents is 1. The number of hydrogen-bond acceptors (Lipinski definition) is 5. The van der Waals surface area contributed by atoms with Crippen molar-refractivity contribution < 1.29 is 9.72 Å². The Balaban J connectivity index is 1.66. The first-order valence-corrected chi connectivity index (χ1v) is 7.58. The van der Waals surface area contributed by atoms with Gasteiger partial charge in [0.05, 0.1) is 15.6 Å². The van der Waals surface area contributed by atoms with Gasteiger partial charge in [-0.3, -0.25) is 19.6 Å². The van der Waals surface area contributed by atoms with Gasteiger partial charge >= 0.3 is 0 Å². The third-order valence-electron chi connectivity index (χ3n) is 3.10. The summed E-state index contributed by atoms with van der Waals surface area (Å²) in [5, 5.41) is 21.5. The predicted octanol–water partition coefficient (Wildman–Crippen LogP) is 2.51. The van der Waals surface area contributed by atoms with Gasteiger partial charge in [0.25, 0.3) is 11.6 Å². The number of amides is 1. The number of rotatable bonds is 5. The largest absolute Gasteiger partial charge is 0.321 e. The number of nitrogens with zero attached hydrogens (tertiary/aromatic N) is 5. The topological polar surface area (TPSA) is 108 Å². The summed E-state index contributed by atoms with van der Waals surface area (Å²) >= 11 is 3.31. The van der Waals surface area contributed by atoms with Crippen LogP contribution in [-0.2, 0) is 6.67 Å². The summed E-state index contributed by atoms with van der Waals surface area (Å²) in [5.74, 6) is -0.399. The molecule has 1 N–H and O–H groups in total. The van der Waals surface area contributed by atoms with Gasteiger partial charge in [-0.25, -0.2) is 4.68 Å². The van der Waals surface area contributed by atoms with Crippen LogP contribution in [0, 0.1) is 10.1 Å². The highest BCUT2D eigenvalue weighted by molar-refractivity contribution is 9.10. The minimum atomic E-state index is -0.499. The van der Waals surface area contributed by atoms with Gasteiger partial charge in [-0.1, -0.05) is 0 Å². The zero-order valence-electron chi connectivity index (χ0n) is 12.2. The van der Waals surface area contributed by atoms with E-state index in [9.17, 15) is 14.9 Å². The molecule has 10 heteroatoms. The van der Waals surface area contributed by atoms with Crippen LogP contribution in [0.2, 0.25) is 0 Å². The molecule has 24 heavy (non-hydrogen) atoms. The maximum absolute atomic E-state index is 12.2. The summed E-state index contributed by atoms with van der Waals surface area (Å²) in [6.45, 7) is 0.371. The number of carbonyl (C=O) groups excluding carboxylic acids is 1. The van der Waals surface area contributed by atoms with Crippen molar-refractivity contribution in [1.82, 2.24) is 19.6 Å². The minimum Gasteiger partial charge on any atom is -0.321 e. The van der Waals surface area contributed by atoms with Gasteiger partial charge in [0, 0.05) is 30.2 Å². The molecule has 1 aromatic carbocycles. The molecular formula is C14H11BrN6O3. The molecule has 0 bridgehead atoms. The summed E-state index contributed by atoms with van der Waals surface area (Å²) in [6.07, 6.45) is 5.12. The lowest BCUT2D eigenvalue weighted by Crippen LogP contribution is -2.14. The second-order valence-electron chi connectivity index (χ2n) is 4.84. The molecule has 0 saturated carbocycles. The summed E-state index contributed by atoms with van der Waals surface area (Å²) in [5.41, 5.74) is 0.651. The number of hydrogen-bond donors (Lipinski definition) is 1. The molecule has 3 rings (SSSR count). The average molecular weight is 391 g/mol. The van der Waals surface area contributed by atoms with Gasteiger partial charge in [-0.2, -0.15) is 10.2 Å². The van der Waals surface area contributed by atoms with Crippen LogP contribution in [0.25, 0.3) is 0 Å². The van der Waals surface area contributed by atoms with E-state index < -0.39 is 10.8 Å². The molecule has 2 aromatic heterocycles. The lowest BCUT2D eigenvalue weighted by molar-refractivity contribution is -0.384. The fourth-order valence-electron chi connectivity index (χ4n) is 1.99. The van der Waals surface area contributed by atoms with Crippen molar-refractivity contribution in [2.24, 2.45) is 0 Å². The normalized spacial score (nSPS) is 10.5. The number of nitrogens with one attached hydrogen (secondary N) is 1. The van der Waals surface area contributed by atoms with Gasteiger partial charge in [0.1, 0.15) is 6.67 Å². The van der Waals surface area contributed by atoms with Crippen LogP contribution in [0.1, 0.15) is 10.5 Å². The lowest BCUT2D eigenvalue weighted by Gasteiger charge is -2.03. The first kappa shape index (κ1) is 15.9. The van der Waals surface area contributed by atoms with Crippen molar-refractivity contribution in [2.45, 2.75) is 6.67 Å². The fourth-order valence-corrected chi connectivity index (χ4v) is 2.32. The molecule has 0 atom stereocenters. The first-order chi connectivity index (χ1) is 11.5. The highest BCUT2D eigenvalue weighted by atomic mass is 79.9. The zero-order chi connectivity index (χ0) is 17.1. The molecule has 122 valence electrons. The van der Waals surface area contributed by atoms with Crippen molar-refractivity contribution in [1.29, 1.82) is 0 Å².